The van der Waals surface area contributed by atoms with Crippen LogP contribution in [0.1, 0.15) is 11.1 Å². The highest BCUT2D eigenvalue weighted by atomic mass is 35.5. The smallest absolute Gasteiger partial charge is 0.192 e. The first-order valence-corrected chi connectivity index (χ1v) is 7.83. The van der Waals surface area contributed by atoms with Gasteiger partial charge < -0.3 is 10.1 Å². The van der Waals surface area contributed by atoms with E-state index in [1.165, 1.54) is 0 Å². The average Bonchev–Trinajstić information content (AvgIpc) is 2.48. The summed E-state index contributed by atoms with van der Waals surface area (Å²) in [5.41, 5.74) is 2.18. The van der Waals surface area contributed by atoms with E-state index in [2.05, 4.69) is 15.3 Å². The lowest BCUT2D eigenvalue weighted by Gasteiger charge is -2.10. The summed E-state index contributed by atoms with van der Waals surface area (Å²) in [6.07, 6.45) is 3.64. The number of aromatic nitrogens is 2. The van der Waals surface area contributed by atoms with Crippen LogP contribution >= 0.6 is 23.4 Å². The molecule has 2 rings (SSSR count). The van der Waals surface area contributed by atoms with Crippen LogP contribution in [0.4, 0.5) is 0 Å². The molecule has 1 N–H and O–H groups in total. The van der Waals surface area contributed by atoms with Gasteiger partial charge in [0.05, 0.1) is 6.61 Å². The quantitative estimate of drug-likeness (QED) is 0.625. The molecular weight excluding hydrogens is 306 g/mol. The highest BCUT2D eigenvalue weighted by Crippen LogP contribution is 2.29. The maximum Gasteiger partial charge on any atom is 0.192 e. The summed E-state index contributed by atoms with van der Waals surface area (Å²) >= 11 is 7.63. The standard InChI is InChI=1S/C15H18ClN3OS/c1-11-8-18-15(19-9-11)21-14-4-3-13(16)7-12(14)10-17-5-6-20-2/h3-4,7-9,17H,5-6,10H2,1-2H3. The summed E-state index contributed by atoms with van der Waals surface area (Å²) < 4.78 is 5.03. The van der Waals surface area contributed by atoms with E-state index < -0.39 is 0 Å². The Morgan fingerprint density at radius 3 is 2.76 bits per heavy atom. The Labute approximate surface area is 134 Å². The van der Waals surface area contributed by atoms with Crippen molar-refractivity contribution in [3.8, 4) is 0 Å². The zero-order chi connectivity index (χ0) is 15.1. The predicted molar refractivity (Wildman–Crippen MR) is 85.9 cm³/mol. The third-order valence-corrected chi connectivity index (χ3v) is 4.03. The minimum absolute atomic E-state index is 0.685. The molecule has 0 spiro atoms. The summed E-state index contributed by atoms with van der Waals surface area (Å²) in [6, 6.07) is 5.86. The lowest BCUT2D eigenvalue weighted by molar-refractivity contribution is 0.199. The van der Waals surface area contributed by atoms with Crippen LogP contribution in [0.15, 0.2) is 40.6 Å². The second kappa shape index (κ2) is 8.34. The fraction of sp³-hybridized carbons (Fsp3) is 0.333. The van der Waals surface area contributed by atoms with Gasteiger partial charge in [-0.05, 0) is 48.0 Å². The molecule has 0 amide bonds. The van der Waals surface area contributed by atoms with Crippen LogP contribution in [0.2, 0.25) is 5.02 Å². The van der Waals surface area contributed by atoms with E-state index in [4.69, 9.17) is 16.3 Å². The Morgan fingerprint density at radius 1 is 1.29 bits per heavy atom. The second-order valence-corrected chi connectivity index (χ2v) is 6.01. The molecule has 0 fully saturated rings. The van der Waals surface area contributed by atoms with Gasteiger partial charge in [-0.3, -0.25) is 0 Å². The Kier molecular flexibility index (Phi) is 6.45. The summed E-state index contributed by atoms with van der Waals surface area (Å²) in [5.74, 6) is 0. The van der Waals surface area contributed by atoms with Gasteiger partial charge in [0.2, 0.25) is 0 Å². The Bertz CT molecular complexity index is 578. The molecule has 4 nitrogen and oxygen atoms in total. The minimum Gasteiger partial charge on any atom is -0.383 e. The molecule has 0 aliphatic rings. The normalized spacial score (nSPS) is 10.8. The average molecular weight is 324 g/mol. The van der Waals surface area contributed by atoms with Crippen molar-refractivity contribution in [1.29, 1.82) is 0 Å². The van der Waals surface area contributed by atoms with Crippen molar-refractivity contribution in [3.63, 3.8) is 0 Å². The molecule has 1 aromatic carbocycles. The zero-order valence-corrected chi connectivity index (χ0v) is 13.7. The minimum atomic E-state index is 0.685. The first-order chi connectivity index (χ1) is 10.2. The number of methoxy groups -OCH3 is 1. The van der Waals surface area contributed by atoms with Crippen molar-refractivity contribution in [2.24, 2.45) is 0 Å². The molecule has 0 radical (unpaired) electrons. The molecule has 21 heavy (non-hydrogen) atoms. The highest BCUT2D eigenvalue weighted by Gasteiger charge is 2.07. The van der Waals surface area contributed by atoms with Gasteiger partial charge in [0.1, 0.15) is 0 Å². The first kappa shape index (κ1) is 16.2. The SMILES string of the molecule is COCCNCc1cc(Cl)ccc1Sc1ncc(C)cn1. The van der Waals surface area contributed by atoms with E-state index in [0.29, 0.717) is 6.61 Å². The van der Waals surface area contributed by atoms with E-state index >= 15 is 0 Å². The van der Waals surface area contributed by atoms with Crippen LogP contribution in [0, 0.1) is 6.92 Å². The molecule has 0 atom stereocenters. The van der Waals surface area contributed by atoms with Crippen LogP contribution in [0.3, 0.4) is 0 Å². The summed E-state index contributed by atoms with van der Waals surface area (Å²) in [6.45, 7) is 4.19. The molecule has 112 valence electrons. The molecule has 0 saturated carbocycles. The molecular formula is C15H18ClN3OS. The summed E-state index contributed by atoms with van der Waals surface area (Å²) in [7, 11) is 1.69. The van der Waals surface area contributed by atoms with Gasteiger partial charge in [0.25, 0.3) is 0 Å². The van der Waals surface area contributed by atoms with Gasteiger partial charge in [-0.25, -0.2) is 9.97 Å². The highest BCUT2D eigenvalue weighted by molar-refractivity contribution is 7.99. The number of halogens is 1. The van der Waals surface area contributed by atoms with E-state index in [-0.39, 0.29) is 0 Å². The number of nitrogens with zero attached hydrogens (tertiary/aromatic N) is 2. The van der Waals surface area contributed by atoms with Gasteiger partial charge in [-0.2, -0.15) is 0 Å². The van der Waals surface area contributed by atoms with Crippen molar-refractivity contribution >= 4 is 23.4 Å². The lowest BCUT2D eigenvalue weighted by Crippen LogP contribution is -2.18. The van der Waals surface area contributed by atoms with Gasteiger partial charge in [0.15, 0.2) is 5.16 Å². The Morgan fingerprint density at radius 2 is 2.05 bits per heavy atom. The van der Waals surface area contributed by atoms with Gasteiger partial charge in [0, 0.05) is 42.5 Å². The third-order valence-electron chi connectivity index (χ3n) is 2.78. The topological polar surface area (TPSA) is 47.0 Å². The van der Waals surface area contributed by atoms with Crippen LogP contribution < -0.4 is 5.32 Å². The molecule has 1 aromatic heterocycles. The summed E-state index contributed by atoms with van der Waals surface area (Å²) in [4.78, 5) is 9.76. The summed E-state index contributed by atoms with van der Waals surface area (Å²) in [5, 5.41) is 4.79. The molecule has 1 heterocycles. The van der Waals surface area contributed by atoms with Crippen LogP contribution in [0.25, 0.3) is 0 Å². The van der Waals surface area contributed by atoms with E-state index in [0.717, 1.165) is 39.3 Å². The van der Waals surface area contributed by atoms with Crippen LogP contribution in [-0.2, 0) is 11.3 Å². The van der Waals surface area contributed by atoms with Crippen LogP contribution in [-0.4, -0.2) is 30.2 Å². The third kappa shape index (κ3) is 5.28. The number of hydrogen-bond donors (Lipinski definition) is 1. The van der Waals surface area contributed by atoms with Gasteiger partial charge in [-0.15, -0.1) is 0 Å². The van der Waals surface area contributed by atoms with Crippen molar-refractivity contribution in [3.05, 3.63) is 46.7 Å². The Hall–Kier alpha value is -1.14. The van der Waals surface area contributed by atoms with E-state index in [1.54, 1.807) is 18.9 Å². The monoisotopic (exact) mass is 323 g/mol. The molecule has 0 unspecified atom stereocenters. The lowest BCUT2D eigenvalue weighted by atomic mass is 10.2. The largest absolute Gasteiger partial charge is 0.383 e. The molecule has 0 saturated heterocycles. The van der Waals surface area contributed by atoms with E-state index in [1.807, 2.05) is 37.5 Å². The van der Waals surface area contributed by atoms with Crippen molar-refractivity contribution in [2.75, 3.05) is 20.3 Å². The fourth-order valence-corrected chi connectivity index (χ4v) is 2.72. The van der Waals surface area contributed by atoms with Crippen LogP contribution in [0.5, 0.6) is 0 Å². The van der Waals surface area contributed by atoms with Crippen molar-refractivity contribution in [1.82, 2.24) is 15.3 Å². The van der Waals surface area contributed by atoms with Gasteiger partial charge >= 0.3 is 0 Å². The molecule has 0 aliphatic heterocycles. The zero-order valence-electron chi connectivity index (χ0n) is 12.1. The molecule has 6 heteroatoms. The molecule has 0 bridgehead atoms. The number of hydrogen-bond acceptors (Lipinski definition) is 5. The van der Waals surface area contributed by atoms with Gasteiger partial charge in [-0.1, -0.05) is 11.6 Å². The maximum absolute atomic E-state index is 6.09. The molecule has 2 aromatic rings. The Balaban J connectivity index is 2.08. The number of rotatable bonds is 7. The number of benzene rings is 1. The first-order valence-electron chi connectivity index (χ1n) is 6.63. The molecule has 0 aliphatic carbocycles. The fourth-order valence-electron chi connectivity index (χ4n) is 1.71. The number of nitrogens with one attached hydrogen (secondary N) is 1. The van der Waals surface area contributed by atoms with Crippen molar-refractivity contribution in [2.45, 2.75) is 23.5 Å². The maximum atomic E-state index is 6.09. The second-order valence-electron chi connectivity index (χ2n) is 4.57. The number of aryl methyl sites for hydroxylation is 1. The number of ether oxygens (including phenoxy) is 1. The predicted octanol–water partition coefficient (Wildman–Crippen LogP) is 3.33. The van der Waals surface area contributed by atoms with E-state index in [9.17, 15) is 0 Å². The van der Waals surface area contributed by atoms with Crippen molar-refractivity contribution < 1.29 is 4.74 Å².